The average molecular weight is 491 g/mol. The second-order valence-corrected chi connectivity index (χ2v) is 8.23. The van der Waals surface area contributed by atoms with Crippen LogP contribution in [-0.2, 0) is 24.5 Å². The van der Waals surface area contributed by atoms with E-state index in [1.807, 2.05) is 79.7 Å². The SMILES string of the molecule is CCOC(=O)c1cc(-c2ccc(OCc3ccc(Cl)cc3)cc2OCc2ccccc2)nn1CC. The molecule has 0 bridgehead atoms. The summed E-state index contributed by atoms with van der Waals surface area (Å²) in [6.07, 6.45) is 0. The highest BCUT2D eigenvalue weighted by molar-refractivity contribution is 6.30. The van der Waals surface area contributed by atoms with E-state index < -0.39 is 5.97 Å². The molecule has 4 rings (SSSR count). The Morgan fingerprint density at radius 1 is 0.886 bits per heavy atom. The van der Waals surface area contributed by atoms with Gasteiger partial charge in [-0.05, 0) is 55.3 Å². The summed E-state index contributed by atoms with van der Waals surface area (Å²) in [5.41, 5.74) is 3.84. The Bertz CT molecular complexity index is 1270. The van der Waals surface area contributed by atoms with Gasteiger partial charge >= 0.3 is 5.97 Å². The third kappa shape index (κ3) is 6.22. The third-order valence-corrected chi connectivity index (χ3v) is 5.60. The van der Waals surface area contributed by atoms with Crippen LogP contribution in [0.15, 0.2) is 78.9 Å². The molecule has 1 heterocycles. The van der Waals surface area contributed by atoms with Crippen molar-refractivity contribution >= 4 is 17.6 Å². The van der Waals surface area contributed by atoms with E-state index in [2.05, 4.69) is 5.10 Å². The Morgan fingerprint density at radius 2 is 1.60 bits per heavy atom. The van der Waals surface area contributed by atoms with Gasteiger partial charge in [-0.2, -0.15) is 5.10 Å². The lowest BCUT2D eigenvalue weighted by molar-refractivity contribution is 0.0512. The van der Waals surface area contributed by atoms with Crippen LogP contribution in [0.1, 0.15) is 35.5 Å². The minimum Gasteiger partial charge on any atom is -0.489 e. The van der Waals surface area contributed by atoms with Crippen molar-refractivity contribution in [2.75, 3.05) is 6.61 Å². The Kier molecular flexibility index (Phi) is 8.06. The molecule has 0 unspecified atom stereocenters. The van der Waals surface area contributed by atoms with Crippen LogP contribution < -0.4 is 9.47 Å². The van der Waals surface area contributed by atoms with Crippen molar-refractivity contribution in [3.05, 3.63) is 101 Å². The summed E-state index contributed by atoms with van der Waals surface area (Å²) in [5, 5.41) is 5.32. The number of halogens is 1. The molecule has 0 aliphatic heterocycles. The molecule has 3 aromatic carbocycles. The maximum atomic E-state index is 12.4. The predicted molar refractivity (Wildman–Crippen MR) is 136 cm³/mol. The highest BCUT2D eigenvalue weighted by Gasteiger charge is 2.19. The minimum atomic E-state index is -0.400. The van der Waals surface area contributed by atoms with Crippen LogP contribution in [-0.4, -0.2) is 22.4 Å². The Morgan fingerprint density at radius 3 is 2.31 bits per heavy atom. The fraction of sp³-hybridized carbons (Fsp3) is 0.214. The largest absolute Gasteiger partial charge is 0.489 e. The van der Waals surface area contributed by atoms with Gasteiger partial charge in [0.25, 0.3) is 0 Å². The van der Waals surface area contributed by atoms with Crippen LogP contribution in [0.5, 0.6) is 11.5 Å². The monoisotopic (exact) mass is 490 g/mol. The Labute approximate surface area is 210 Å². The molecule has 1 aromatic heterocycles. The molecule has 0 saturated heterocycles. The molecule has 6 nitrogen and oxygen atoms in total. The molecule has 35 heavy (non-hydrogen) atoms. The number of ether oxygens (including phenoxy) is 3. The van der Waals surface area contributed by atoms with Crippen molar-refractivity contribution in [2.45, 2.75) is 33.6 Å². The van der Waals surface area contributed by atoms with Crippen LogP contribution in [0.4, 0.5) is 0 Å². The summed E-state index contributed by atoms with van der Waals surface area (Å²) in [4.78, 5) is 12.4. The van der Waals surface area contributed by atoms with Crippen LogP contribution in [0, 0.1) is 0 Å². The number of aromatic nitrogens is 2. The topological polar surface area (TPSA) is 62.6 Å². The molecule has 0 spiro atoms. The molecule has 0 aliphatic rings. The van der Waals surface area contributed by atoms with Gasteiger partial charge in [-0.3, -0.25) is 4.68 Å². The fourth-order valence-corrected chi connectivity index (χ4v) is 3.69. The Hall–Kier alpha value is -3.77. The number of carbonyl (C=O) groups excluding carboxylic acids is 1. The molecule has 4 aromatic rings. The summed E-state index contributed by atoms with van der Waals surface area (Å²) in [6.45, 7) is 5.33. The number of rotatable bonds is 10. The molecule has 0 saturated carbocycles. The van der Waals surface area contributed by atoms with Gasteiger partial charge in [0.1, 0.15) is 30.4 Å². The van der Waals surface area contributed by atoms with E-state index in [1.54, 1.807) is 17.7 Å². The molecule has 7 heteroatoms. The number of hydrogen-bond donors (Lipinski definition) is 0. The maximum Gasteiger partial charge on any atom is 0.356 e. The third-order valence-electron chi connectivity index (χ3n) is 5.35. The maximum absolute atomic E-state index is 12.4. The fourth-order valence-electron chi connectivity index (χ4n) is 3.56. The van der Waals surface area contributed by atoms with Gasteiger partial charge in [-0.25, -0.2) is 4.79 Å². The number of carbonyl (C=O) groups is 1. The summed E-state index contributed by atoms with van der Waals surface area (Å²) >= 11 is 5.98. The highest BCUT2D eigenvalue weighted by Crippen LogP contribution is 2.34. The van der Waals surface area contributed by atoms with Crippen molar-refractivity contribution in [3.8, 4) is 22.8 Å². The lowest BCUT2D eigenvalue weighted by atomic mass is 10.1. The zero-order valence-corrected chi connectivity index (χ0v) is 20.5. The van der Waals surface area contributed by atoms with Gasteiger partial charge < -0.3 is 14.2 Å². The quantitative estimate of drug-likeness (QED) is 0.236. The number of hydrogen-bond acceptors (Lipinski definition) is 5. The zero-order valence-electron chi connectivity index (χ0n) is 19.7. The highest BCUT2D eigenvalue weighted by atomic mass is 35.5. The van der Waals surface area contributed by atoms with Crippen LogP contribution in [0.3, 0.4) is 0 Å². The van der Waals surface area contributed by atoms with Crippen LogP contribution >= 0.6 is 11.6 Å². The van der Waals surface area contributed by atoms with E-state index in [-0.39, 0.29) is 0 Å². The number of aryl methyl sites for hydroxylation is 1. The second kappa shape index (κ2) is 11.6. The van der Waals surface area contributed by atoms with Gasteiger partial charge in [0.05, 0.1) is 12.3 Å². The summed E-state index contributed by atoms with van der Waals surface area (Å²) in [7, 11) is 0. The first-order chi connectivity index (χ1) is 17.1. The molecule has 0 fully saturated rings. The van der Waals surface area contributed by atoms with Crippen molar-refractivity contribution in [2.24, 2.45) is 0 Å². The smallest absolute Gasteiger partial charge is 0.356 e. The molecule has 0 atom stereocenters. The zero-order chi connectivity index (χ0) is 24.6. The number of esters is 1. The Balaban J connectivity index is 1.63. The predicted octanol–water partition coefficient (Wildman–Crippen LogP) is 6.56. The number of nitrogens with zero attached hydrogens (tertiary/aromatic N) is 2. The van der Waals surface area contributed by atoms with Crippen molar-refractivity contribution in [3.63, 3.8) is 0 Å². The number of benzene rings is 3. The van der Waals surface area contributed by atoms with Crippen molar-refractivity contribution in [1.82, 2.24) is 9.78 Å². The lowest BCUT2D eigenvalue weighted by Gasteiger charge is -2.13. The van der Waals surface area contributed by atoms with Gasteiger partial charge in [0, 0.05) is 23.2 Å². The molecule has 0 amide bonds. The molecular weight excluding hydrogens is 464 g/mol. The van der Waals surface area contributed by atoms with Gasteiger partial charge in [-0.1, -0.05) is 54.1 Å². The molecule has 0 radical (unpaired) electrons. The minimum absolute atomic E-state index is 0.300. The van der Waals surface area contributed by atoms with E-state index in [0.29, 0.717) is 54.3 Å². The molecular formula is C28H27ClN2O4. The first kappa shape index (κ1) is 24.4. The molecule has 0 aliphatic carbocycles. The first-order valence-electron chi connectivity index (χ1n) is 11.5. The van der Waals surface area contributed by atoms with E-state index >= 15 is 0 Å². The van der Waals surface area contributed by atoms with Crippen LogP contribution in [0.2, 0.25) is 5.02 Å². The lowest BCUT2D eigenvalue weighted by Crippen LogP contribution is -2.12. The van der Waals surface area contributed by atoms with Crippen molar-refractivity contribution < 1.29 is 19.0 Å². The summed E-state index contributed by atoms with van der Waals surface area (Å²) in [5.74, 6) is 0.869. The first-order valence-corrected chi connectivity index (χ1v) is 11.9. The molecule has 180 valence electrons. The van der Waals surface area contributed by atoms with E-state index in [1.165, 1.54) is 0 Å². The van der Waals surface area contributed by atoms with E-state index in [4.69, 9.17) is 25.8 Å². The summed E-state index contributed by atoms with van der Waals surface area (Å²) in [6, 6.07) is 24.8. The van der Waals surface area contributed by atoms with Crippen molar-refractivity contribution in [1.29, 1.82) is 0 Å². The normalized spacial score (nSPS) is 10.7. The van der Waals surface area contributed by atoms with Gasteiger partial charge in [-0.15, -0.1) is 0 Å². The second-order valence-electron chi connectivity index (χ2n) is 7.80. The van der Waals surface area contributed by atoms with Crippen LogP contribution in [0.25, 0.3) is 11.3 Å². The van der Waals surface area contributed by atoms with E-state index in [9.17, 15) is 4.79 Å². The molecule has 0 N–H and O–H groups in total. The standard InChI is InChI=1S/C28H27ClN2O4/c1-3-31-26(28(32)33-4-2)17-25(30-31)24-15-14-23(34-18-21-10-12-22(29)13-11-21)16-27(24)35-19-20-8-6-5-7-9-20/h5-17H,3-4,18-19H2,1-2H3. The van der Waals surface area contributed by atoms with Gasteiger partial charge in [0.2, 0.25) is 0 Å². The van der Waals surface area contributed by atoms with E-state index in [0.717, 1.165) is 16.7 Å². The summed E-state index contributed by atoms with van der Waals surface area (Å²) < 4.78 is 19.1. The average Bonchev–Trinajstić information content (AvgIpc) is 3.32. The van der Waals surface area contributed by atoms with Gasteiger partial charge in [0.15, 0.2) is 0 Å².